The number of hydrogen-bond acceptors (Lipinski definition) is 3. The van der Waals surface area contributed by atoms with Crippen molar-refractivity contribution >= 4 is 16.9 Å². The number of ether oxygens (including phenoxy) is 1. The van der Waals surface area contributed by atoms with E-state index in [0.717, 1.165) is 35.0 Å². The van der Waals surface area contributed by atoms with Crippen LogP contribution in [0, 0.1) is 12.7 Å². The highest BCUT2D eigenvalue weighted by Gasteiger charge is 2.29. The Morgan fingerprint density at radius 1 is 1.30 bits per heavy atom. The van der Waals surface area contributed by atoms with E-state index in [1.807, 2.05) is 30.0 Å². The minimum absolute atomic E-state index is 0.00412. The third kappa shape index (κ3) is 3.71. The third-order valence-corrected chi connectivity index (χ3v) is 5.06. The molecule has 2 heterocycles. The molecule has 2 aromatic carbocycles. The zero-order valence-electron chi connectivity index (χ0n) is 15.2. The molecule has 5 nitrogen and oxygen atoms in total. The summed E-state index contributed by atoms with van der Waals surface area (Å²) in [5.74, 6) is 0.400. The Bertz CT molecular complexity index is 952. The summed E-state index contributed by atoms with van der Waals surface area (Å²) in [5, 5.41) is 0. The summed E-state index contributed by atoms with van der Waals surface area (Å²) in [6.45, 7) is 2.98. The predicted octanol–water partition coefficient (Wildman–Crippen LogP) is 3.89. The molecule has 1 atom stereocenters. The van der Waals surface area contributed by atoms with Gasteiger partial charge in [0.1, 0.15) is 24.9 Å². The van der Waals surface area contributed by atoms with Crippen LogP contribution in [0.2, 0.25) is 0 Å². The van der Waals surface area contributed by atoms with Gasteiger partial charge in [-0.1, -0.05) is 24.3 Å². The molecule has 0 saturated carbocycles. The average Bonchev–Trinajstić information content (AvgIpc) is 3.30. The minimum atomic E-state index is -0.265. The van der Waals surface area contributed by atoms with Gasteiger partial charge in [-0.3, -0.25) is 4.79 Å². The Morgan fingerprint density at radius 2 is 2.11 bits per heavy atom. The quantitative estimate of drug-likeness (QED) is 0.744. The highest BCUT2D eigenvalue weighted by atomic mass is 19.1. The van der Waals surface area contributed by atoms with Crippen LogP contribution < -0.4 is 0 Å². The fourth-order valence-electron chi connectivity index (χ4n) is 3.71. The molecule has 1 saturated heterocycles. The fourth-order valence-corrected chi connectivity index (χ4v) is 3.71. The molecule has 1 unspecified atom stereocenters. The first kappa shape index (κ1) is 17.7. The number of nitrogens with zero attached hydrogens (tertiary/aromatic N) is 2. The standard InChI is InChI=1S/C21H22FN3O2/c1-14-4-2-5-17-21(14)24-19(23-17)12-27-13-20(26)25-11-3-6-18(25)15-7-9-16(22)10-8-15/h2,4-5,7-10,18H,3,6,11-13H2,1H3,(H,23,24). The van der Waals surface area contributed by atoms with Crippen molar-refractivity contribution < 1.29 is 13.9 Å². The molecule has 1 fully saturated rings. The molecule has 0 radical (unpaired) electrons. The van der Waals surface area contributed by atoms with E-state index in [2.05, 4.69) is 9.97 Å². The van der Waals surface area contributed by atoms with Gasteiger partial charge in [0.05, 0.1) is 17.1 Å². The largest absolute Gasteiger partial charge is 0.364 e. The smallest absolute Gasteiger partial charge is 0.249 e. The van der Waals surface area contributed by atoms with E-state index >= 15 is 0 Å². The molecule has 1 N–H and O–H groups in total. The van der Waals surface area contributed by atoms with E-state index in [1.165, 1.54) is 12.1 Å². The van der Waals surface area contributed by atoms with Crippen molar-refractivity contribution in [3.63, 3.8) is 0 Å². The first-order valence-corrected chi connectivity index (χ1v) is 9.19. The number of hydrogen-bond donors (Lipinski definition) is 1. The number of H-pyrrole nitrogens is 1. The van der Waals surface area contributed by atoms with Crippen molar-refractivity contribution in [2.45, 2.75) is 32.4 Å². The van der Waals surface area contributed by atoms with Gasteiger partial charge in [0.15, 0.2) is 0 Å². The zero-order valence-corrected chi connectivity index (χ0v) is 15.2. The summed E-state index contributed by atoms with van der Waals surface area (Å²) >= 11 is 0. The number of likely N-dealkylation sites (tertiary alicyclic amines) is 1. The topological polar surface area (TPSA) is 58.2 Å². The Balaban J connectivity index is 1.36. The van der Waals surface area contributed by atoms with Gasteiger partial charge in [0.25, 0.3) is 0 Å². The van der Waals surface area contributed by atoms with Crippen LogP contribution in [0.5, 0.6) is 0 Å². The second kappa shape index (κ2) is 7.48. The van der Waals surface area contributed by atoms with Crippen molar-refractivity contribution in [1.82, 2.24) is 14.9 Å². The Morgan fingerprint density at radius 3 is 2.89 bits per heavy atom. The predicted molar refractivity (Wildman–Crippen MR) is 101 cm³/mol. The van der Waals surface area contributed by atoms with Crippen LogP contribution in [0.1, 0.15) is 35.8 Å². The van der Waals surface area contributed by atoms with Crippen molar-refractivity contribution in [2.24, 2.45) is 0 Å². The number of aromatic nitrogens is 2. The lowest BCUT2D eigenvalue weighted by Gasteiger charge is -2.25. The van der Waals surface area contributed by atoms with E-state index in [-0.39, 0.29) is 31.0 Å². The number of nitrogens with one attached hydrogen (secondary N) is 1. The first-order chi connectivity index (χ1) is 13.1. The summed E-state index contributed by atoms with van der Waals surface area (Å²) in [5.41, 5.74) is 3.97. The second-order valence-electron chi connectivity index (χ2n) is 6.94. The molecule has 1 aliphatic heterocycles. The summed E-state index contributed by atoms with van der Waals surface area (Å²) in [4.78, 5) is 22.2. The number of halogens is 1. The van der Waals surface area contributed by atoms with Gasteiger partial charge in [0.2, 0.25) is 5.91 Å². The van der Waals surface area contributed by atoms with Gasteiger partial charge < -0.3 is 14.6 Å². The fraction of sp³-hybridized carbons (Fsp3) is 0.333. The number of carbonyl (C=O) groups excluding carboxylic acids is 1. The molecule has 0 bridgehead atoms. The molecule has 4 rings (SSSR count). The zero-order chi connectivity index (χ0) is 18.8. The van der Waals surface area contributed by atoms with Gasteiger partial charge in [-0.2, -0.15) is 0 Å². The molecule has 0 aliphatic carbocycles. The number of carbonyl (C=O) groups is 1. The maximum absolute atomic E-state index is 13.1. The molecular formula is C21H22FN3O2. The number of amides is 1. The Kier molecular flexibility index (Phi) is 4.90. The maximum atomic E-state index is 13.1. The number of aromatic amines is 1. The average molecular weight is 367 g/mol. The van der Waals surface area contributed by atoms with Crippen molar-refractivity contribution in [3.8, 4) is 0 Å². The molecule has 1 aromatic heterocycles. The van der Waals surface area contributed by atoms with Crippen LogP contribution in [0.25, 0.3) is 11.0 Å². The van der Waals surface area contributed by atoms with E-state index < -0.39 is 0 Å². The normalized spacial score (nSPS) is 17.0. The molecule has 0 spiro atoms. The van der Waals surface area contributed by atoms with Crippen LogP contribution >= 0.6 is 0 Å². The van der Waals surface area contributed by atoms with Gasteiger partial charge in [-0.05, 0) is 49.1 Å². The number of imidazole rings is 1. The van der Waals surface area contributed by atoms with E-state index in [1.54, 1.807) is 12.1 Å². The van der Waals surface area contributed by atoms with E-state index in [0.29, 0.717) is 12.4 Å². The minimum Gasteiger partial charge on any atom is -0.364 e. The molecule has 27 heavy (non-hydrogen) atoms. The molecule has 1 aliphatic rings. The highest BCUT2D eigenvalue weighted by Crippen LogP contribution is 2.32. The highest BCUT2D eigenvalue weighted by molar-refractivity contribution is 5.79. The summed E-state index contributed by atoms with van der Waals surface area (Å²) in [7, 11) is 0. The molecule has 1 amide bonds. The number of para-hydroxylation sites is 1. The Hall–Kier alpha value is -2.73. The lowest BCUT2D eigenvalue weighted by atomic mass is 10.0. The maximum Gasteiger partial charge on any atom is 0.249 e. The van der Waals surface area contributed by atoms with Crippen LogP contribution in [-0.4, -0.2) is 33.9 Å². The van der Waals surface area contributed by atoms with Crippen LogP contribution in [0.15, 0.2) is 42.5 Å². The SMILES string of the molecule is Cc1cccc2[nH]c(COCC(=O)N3CCCC3c3ccc(F)cc3)nc12. The van der Waals surface area contributed by atoms with Gasteiger partial charge in [-0.15, -0.1) is 0 Å². The van der Waals surface area contributed by atoms with Gasteiger partial charge in [-0.25, -0.2) is 9.37 Å². The van der Waals surface area contributed by atoms with Crippen LogP contribution in [0.3, 0.4) is 0 Å². The molecular weight excluding hydrogens is 345 g/mol. The number of aryl methyl sites for hydroxylation is 1. The van der Waals surface area contributed by atoms with E-state index in [4.69, 9.17) is 4.74 Å². The number of fused-ring (bicyclic) bond motifs is 1. The molecule has 140 valence electrons. The first-order valence-electron chi connectivity index (χ1n) is 9.19. The molecule has 3 aromatic rings. The summed E-state index contributed by atoms with van der Waals surface area (Å²) in [6, 6.07) is 12.4. The van der Waals surface area contributed by atoms with Crippen molar-refractivity contribution in [3.05, 3.63) is 65.2 Å². The number of rotatable bonds is 5. The van der Waals surface area contributed by atoms with Gasteiger partial charge in [0, 0.05) is 6.54 Å². The van der Waals surface area contributed by atoms with Gasteiger partial charge >= 0.3 is 0 Å². The number of benzene rings is 2. The van der Waals surface area contributed by atoms with Crippen LogP contribution in [-0.2, 0) is 16.1 Å². The lowest BCUT2D eigenvalue weighted by Crippen LogP contribution is -2.33. The monoisotopic (exact) mass is 367 g/mol. The van der Waals surface area contributed by atoms with Crippen LogP contribution in [0.4, 0.5) is 4.39 Å². The summed E-state index contributed by atoms with van der Waals surface area (Å²) in [6.07, 6.45) is 1.83. The second-order valence-corrected chi connectivity index (χ2v) is 6.94. The van der Waals surface area contributed by atoms with E-state index in [9.17, 15) is 9.18 Å². The van der Waals surface area contributed by atoms with Crippen molar-refractivity contribution in [2.75, 3.05) is 13.2 Å². The lowest BCUT2D eigenvalue weighted by molar-refractivity contribution is -0.137. The summed E-state index contributed by atoms with van der Waals surface area (Å²) < 4.78 is 18.8. The third-order valence-electron chi connectivity index (χ3n) is 5.06. The molecule has 6 heteroatoms. The van der Waals surface area contributed by atoms with Crippen molar-refractivity contribution in [1.29, 1.82) is 0 Å². The Labute approximate surface area is 157 Å².